The third kappa shape index (κ3) is 2.58. The fourth-order valence-corrected chi connectivity index (χ4v) is 4.74. The summed E-state index contributed by atoms with van der Waals surface area (Å²) in [6.45, 7) is 1.88. The predicted molar refractivity (Wildman–Crippen MR) is 71.4 cm³/mol. The Hall–Kier alpha value is -1.02. The normalized spacial score (nSPS) is 19.7. The van der Waals surface area contributed by atoms with Crippen LogP contribution in [0.25, 0.3) is 0 Å². The van der Waals surface area contributed by atoms with Crippen LogP contribution in [0.4, 0.5) is 8.78 Å². The number of amides is 1. The number of nitrogens with zero attached hydrogens (tertiary/aromatic N) is 1. The van der Waals surface area contributed by atoms with Crippen molar-refractivity contribution in [3.05, 3.63) is 28.2 Å². The van der Waals surface area contributed by atoms with Gasteiger partial charge in [0.15, 0.2) is 0 Å². The van der Waals surface area contributed by atoms with Crippen LogP contribution in [-0.2, 0) is 14.8 Å². The van der Waals surface area contributed by atoms with E-state index in [1.807, 2.05) is 6.92 Å². The molecule has 1 heterocycles. The van der Waals surface area contributed by atoms with Gasteiger partial charge in [-0.15, -0.1) is 0 Å². The molecule has 1 fully saturated rings. The van der Waals surface area contributed by atoms with Gasteiger partial charge in [-0.05, 0) is 27.9 Å². The van der Waals surface area contributed by atoms with Gasteiger partial charge in [-0.2, -0.15) is 0 Å². The second-order valence-electron chi connectivity index (χ2n) is 4.61. The summed E-state index contributed by atoms with van der Waals surface area (Å²) in [7, 11) is -4.31. The Balaban J connectivity index is 2.49. The van der Waals surface area contributed by atoms with E-state index in [9.17, 15) is 22.0 Å². The zero-order valence-corrected chi connectivity index (χ0v) is 13.0. The molecule has 0 spiro atoms. The zero-order chi connectivity index (χ0) is 15.1. The Labute approximate surface area is 123 Å². The largest absolute Gasteiger partial charge is 0.274 e. The van der Waals surface area contributed by atoms with Crippen molar-refractivity contribution in [1.82, 2.24) is 4.31 Å². The molecule has 1 unspecified atom stereocenters. The quantitative estimate of drug-likeness (QED) is 0.825. The maximum atomic E-state index is 13.8. The number of sulfonamides is 1. The molecule has 0 aliphatic carbocycles. The summed E-state index contributed by atoms with van der Waals surface area (Å²) in [4.78, 5) is 11.1. The molecule has 1 aromatic carbocycles. The molecule has 1 saturated heterocycles. The minimum Gasteiger partial charge on any atom is -0.274 e. The summed E-state index contributed by atoms with van der Waals surface area (Å²) in [6.07, 6.45) is 0.779. The molecular weight excluding hydrogens is 356 g/mol. The summed E-state index contributed by atoms with van der Waals surface area (Å²) in [5.41, 5.74) is 0. The number of hydrogen-bond acceptors (Lipinski definition) is 3. The minimum absolute atomic E-state index is 0.0287. The Kier molecular flexibility index (Phi) is 4.15. The van der Waals surface area contributed by atoms with E-state index in [0.29, 0.717) is 16.8 Å². The van der Waals surface area contributed by atoms with E-state index in [2.05, 4.69) is 15.9 Å². The topological polar surface area (TPSA) is 54.5 Å². The number of hydrogen-bond donors (Lipinski definition) is 0. The monoisotopic (exact) mass is 367 g/mol. The molecule has 1 aliphatic heterocycles. The third-order valence-corrected chi connectivity index (χ3v) is 6.01. The summed E-state index contributed by atoms with van der Waals surface area (Å²) in [6, 6.07) is 1.34. The predicted octanol–water partition coefficient (Wildman–Crippen LogP) is 2.67. The fourth-order valence-electron chi connectivity index (χ4n) is 2.14. The van der Waals surface area contributed by atoms with Gasteiger partial charge in [0.25, 0.3) is 10.0 Å². The highest BCUT2D eigenvalue weighted by atomic mass is 79.9. The lowest BCUT2D eigenvalue weighted by Gasteiger charge is -2.18. The van der Waals surface area contributed by atoms with Gasteiger partial charge < -0.3 is 0 Å². The summed E-state index contributed by atoms with van der Waals surface area (Å²) < 4.78 is 52.0. The highest BCUT2D eigenvalue weighted by Crippen LogP contribution is 2.32. The van der Waals surface area contributed by atoms with Gasteiger partial charge in [0.1, 0.15) is 16.5 Å². The Morgan fingerprint density at radius 3 is 2.55 bits per heavy atom. The number of halogens is 3. The molecule has 0 N–H and O–H groups in total. The van der Waals surface area contributed by atoms with Crippen LogP contribution in [0.1, 0.15) is 19.8 Å². The van der Waals surface area contributed by atoms with Crippen molar-refractivity contribution in [2.45, 2.75) is 24.7 Å². The third-order valence-electron chi connectivity index (χ3n) is 3.25. The van der Waals surface area contributed by atoms with Gasteiger partial charge in [-0.1, -0.05) is 13.3 Å². The maximum Gasteiger partial charge on any atom is 0.270 e. The molecule has 1 amide bonds. The lowest BCUT2D eigenvalue weighted by Crippen LogP contribution is -2.33. The van der Waals surface area contributed by atoms with Crippen LogP contribution in [-0.4, -0.2) is 25.2 Å². The van der Waals surface area contributed by atoms with E-state index in [0.717, 1.165) is 6.07 Å². The van der Waals surface area contributed by atoms with Gasteiger partial charge in [0, 0.05) is 23.5 Å². The van der Waals surface area contributed by atoms with Crippen LogP contribution in [0.5, 0.6) is 0 Å². The maximum absolute atomic E-state index is 13.8. The molecule has 8 heteroatoms. The van der Waals surface area contributed by atoms with E-state index in [-0.39, 0.29) is 23.4 Å². The number of rotatable bonds is 3. The molecule has 0 bridgehead atoms. The number of carbonyl (C=O) groups excluding carboxylic acids is 1. The smallest absolute Gasteiger partial charge is 0.270 e. The van der Waals surface area contributed by atoms with Crippen LogP contribution in [0.2, 0.25) is 0 Å². The molecule has 1 atom stereocenters. The second kappa shape index (κ2) is 5.40. The average molecular weight is 368 g/mol. The van der Waals surface area contributed by atoms with Gasteiger partial charge in [-0.3, -0.25) is 4.79 Å². The van der Waals surface area contributed by atoms with Gasteiger partial charge >= 0.3 is 0 Å². The van der Waals surface area contributed by atoms with E-state index in [4.69, 9.17) is 0 Å². The molecule has 110 valence electrons. The van der Waals surface area contributed by atoms with E-state index < -0.39 is 32.5 Å². The van der Waals surface area contributed by atoms with Gasteiger partial charge in [0.05, 0.1) is 0 Å². The summed E-state index contributed by atoms with van der Waals surface area (Å²) >= 11 is 2.84. The minimum atomic E-state index is -4.31. The molecule has 0 radical (unpaired) electrons. The van der Waals surface area contributed by atoms with Crippen molar-refractivity contribution < 1.29 is 22.0 Å². The van der Waals surface area contributed by atoms with E-state index in [1.54, 1.807) is 0 Å². The number of carbonyl (C=O) groups is 1. The lowest BCUT2D eigenvalue weighted by atomic mass is 10.1. The highest BCUT2D eigenvalue weighted by molar-refractivity contribution is 9.10. The molecular formula is C12H12BrF2NO3S. The standard InChI is InChI=1S/C12H12BrF2NO3S/c1-2-7-3-11(17)16(6-7)20(18,19)12-9(13)4-8(14)5-10(12)15/h4-5,7H,2-3,6H2,1H3. The molecule has 1 aromatic rings. The van der Waals surface area contributed by atoms with Crippen LogP contribution in [0.3, 0.4) is 0 Å². The van der Waals surface area contributed by atoms with Crippen LogP contribution < -0.4 is 0 Å². The molecule has 1 aliphatic rings. The fraction of sp³-hybridized carbons (Fsp3) is 0.417. The zero-order valence-electron chi connectivity index (χ0n) is 10.6. The van der Waals surface area contributed by atoms with Crippen LogP contribution >= 0.6 is 15.9 Å². The molecule has 4 nitrogen and oxygen atoms in total. The van der Waals surface area contributed by atoms with Crippen molar-refractivity contribution in [3.8, 4) is 0 Å². The first-order chi connectivity index (χ1) is 9.27. The highest BCUT2D eigenvalue weighted by Gasteiger charge is 2.39. The van der Waals surface area contributed by atoms with E-state index in [1.165, 1.54) is 0 Å². The van der Waals surface area contributed by atoms with Gasteiger partial charge in [-0.25, -0.2) is 21.5 Å². The first-order valence-electron chi connectivity index (χ1n) is 5.97. The average Bonchev–Trinajstić information content (AvgIpc) is 2.69. The summed E-state index contributed by atoms with van der Waals surface area (Å²) in [5, 5.41) is 0. The Morgan fingerprint density at radius 2 is 2.05 bits per heavy atom. The molecule has 0 aromatic heterocycles. The first-order valence-corrected chi connectivity index (χ1v) is 8.20. The van der Waals surface area contributed by atoms with E-state index >= 15 is 0 Å². The Bertz CT molecular complexity index is 640. The Morgan fingerprint density at radius 1 is 1.40 bits per heavy atom. The lowest BCUT2D eigenvalue weighted by molar-refractivity contribution is -0.123. The SMILES string of the molecule is CCC1CC(=O)N(S(=O)(=O)c2c(F)cc(F)cc2Br)C1. The second-order valence-corrected chi connectivity index (χ2v) is 7.26. The summed E-state index contributed by atoms with van der Waals surface area (Å²) in [5.74, 6) is -2.75. The number of benzene rings is 1. The van der Waals surface area contributed by atoms with Crippen molar-refractivity contribution in [3.63, 3.8) is 0 Å². The molecule has 2 rings (SSSR count). The van der Waals surface area contributed by atoms with Crippen LogP contribution in [0, 0.1) is 17.6 Å². The molecule has 0 saturated carbocycles. The van der Waals surface area contributed by atoms with Crippen molar-refractivity contribution in [2.24, 2.45) is 5.92 Å². The molecule has 20 heavy (non-hydrogen) atoms. The van der Waals surface area contributed by atoms with Crippen molar-refractivity contribution in [2.75, 3.05) is 6.54 Å². The van der Waals surface area contributed by atoms with Crippen molar-refractivity contribution >= 4 is 31.9 Å². The van der Waals surface area contributed by atoms with Crippen LogP contribution in [0.15, 0.2) is 21.5 Å². The van der Waals surface area contributed by atoms with Crippen molar-refractivity contribution in [1.29, 1.82) is 0 Å². The van der Waals surface area contributed by atoms with Gasteiger partial charge in [0.2, 0.25) is 5.91 Å². The first kappa shape index (κ1) is 15.4.